The third-order valence-corrected chi connectivity index (χ3v) is 4.58. The van der Waals surface area contributed by atoms with E-state index in [-0.39, 0.29) is 24.6 Å². The number of carbonyl (C=O) groups excluding carboxylic acids is 1. The molecule has 0 aromatic heterocycles. The molecule has 0 aliphatic heterocycles. The highest BCUT2D eigenvalue weighted by atomic mass is 16.5. The number of aryl methyl sites for hydroxylation is 1. The third-order valence-electron chi connectivity index (χ3n) is 4.58. The van der Waals surface area contributed by atoms with Crippen molar-refractivity contribution < 1.29 is 14.6 Å². The average molecular weight is 320 g/mol. The van der Waals surface area contributed by atoms with Gasteiger partial charge in [-0.3, -0.25) is 0 Å². The quantitative estimate of drug-likeness (QED) is 0.754. The van der Waals surface area contributed by atoms with Gasteiger partial charge < -0.3 is 20.5 Å². The third kappa shape index (κ3) is 5.13. The molecule has 1 aliphatic carbocycles. The zero-order valence-corrected chi connectivity index (χ0v) is 14.1. The van der Waals surface area contributed by atoms with E-state index in [1.807, 2.05) is 19.1 Å². The van der Waals surface area contributed by atoms with E-state index in [0.29, 0.717) is 6.54 Å². The van der Waals surface area contributed by atoms with Gasteiger partial charge in [0, 0.05) is 25.1 Å². The molecule has 1 saturated carbocycles. The second-order valence-electron chi connectivity index (χ2n) is 6.30. The van der Waals surface area contributed by atoms with Crippen LogP contribution in [0.15, 0.2) is 18.2 Å². The van der Waals surface area contributed by atoms with Gasteiger partial charge in [-0.05, 0) is 37.8 Å². The smallest absolute Gasteiger partial charge is 0.315 e. The number of rotatable bonds is 6. The van der Waals surface area contributed by atoms with Crippen LogP contribution in [0, 0.1) is 12.8 Å². The molecule has 2 amide bonds. The summed E-state index contributed by atoms with van der Waals surface area (Å²) >= 11 is 0. The van der Waals surface area contributed by atoms with Gasteiger partial charge in [0.2, 0.25) is 0 Å². The molecule has 1 aliphatic rings. The van der Waals surface area contributed by atoms with Crippen LogP contribution < -0.4 is 15.4 Å². The zero-order chi connectivity index (χ0) is 16.7. The fourth-order valence-corrected chi connectivity index (χ4v) is 3.25. The lowest BCUT2D eigenvalue weighted by molar-refractivity contribution is 0.154. The summed E-state index contributed by atoms with van der Waals surface area (Å²) in [7, 11) is 1.66. The maximum atomic E-state index is 12.0. The Morgan fingerprint density at radius 1 is 1.35 bits per heavy atom. The highest BCUT2D eigenvalue weighted by molar-refractivity contribution is 5.74. The van der Waals surface area contributed by atoms with Crippen LogP contribution in [-0.4, -0.2) is 37.4 Å². The molecule has 3 N–H and O–H groups in total. The van der Waals surface area contributed by atoms with Crippen molar-refractivity contribution in [3.05, 3.63) is 29.3 Å². The Labute approximate surface area is 138 Å². The summed E-state index contributed by atoms with van der Waals surface area (Å²) in [6, 6.07) is 5.99. The van der Waals surface area contributed by atoms with E-state index in [1.54, 1.807) is 7.11 Å². The predicted molar refractivity (Wildman–Crippen MR) is 90.8 cm³/mol. The number of methoxy groups -OCH3 is 1. The predicted octanol–water partition coefficient (Wildman–Crippen LogP) is 2.40. The zero-order valence-electron chi connectivity index (χ0n) is 14.1. The summed E-state index contributed by atoms with van der Waals surface area (Å²) in [5.41, 5.74) is 2.27. The molecule has 0 saturated heterocycles. The van der Waals surface area contributed by atoms with Gasteiger partial charge in [-0.2, -0.15) is 0 Å². The van der Waals surface area contributed by atoms with E-state index < -0.39 is 0 Å². The maximum absolute atomic E-state index is 12.0. The number of benzene rings is 1. The van der Waals surface area contributed by atoms with Crippen molar-refractivity contribution in [3.63, 3.8) is 0 Å². The van der Waals surface area contributed by atoms with Gasteiger partial charge in [0.05, 0.1) is 7.11 Å². The minimum absolute atomic E-state index is 0.0854. The van der Waals surface area contributed by atoms with Gasteiger partial charge in [-0.25, -0.2) is 4.79 Å². The molecule has 2 rings (SSSR count). The first-order valence-electron chi connectivity index (χ1n) is 8.42. The van der Waals surface area contributed by atoms with E-state index in [2.05, 4.69) is 16.7 Å². The first-order valence-corrected chi connectivity index (χ1v) is 8.42. The van der Waals surface area contributed by atoms with Crippen molar-refractivity contribution in [3.8, 4) is 5.75 Å². The highest BCUT2D eigenvalue weighted by Crippen LogP contribution is 2.24. The van der Waals surface area contributed by atoms with Crippen molar-refractivity contribution in [1.82, 2.24) is 10.6 Å². The molecule has 1 aromatic rings. The summed E-state index contributed by atoms with van der Waals surface area (Å²) in [5, 5.41) is 15.3. The summed E-state index contributed by atoms with van der Waals surface area (Å²) in [4.78, 5) is 12.0. The Hall–Kier alpha value is -1.75. The number of urea groups is 1. The number of ether oxygens (including phenoxy) is 1. The Balaban J connectivity index is 1.79. The Bertz CT molecular complexity index is 519. The molecule has 0 spiro atoms. The van der Waals surface area contributed by atoms with Crippen LogP contribution in [0.3, 0.4) is 0 Å². The molecule has 23 heavy (non-hydrogen) atoms. The average Bonchev–Trinajstić information content (AvgIpc) is 2.55. The summed E-state index contributed by atoms with van der Waals surface area (Å²) < 4.78 is 5.35. The largest absolute Gasteiger partial charge is 0.496 e. The van der Waals surface area contributed by atoms with Crippen molar-refractivity contribution in [2.24, 2.45) is 5.92 Å². The second-order valence-corrected chi connectivity index (χ2v) is 6.30. The molecule has 5 nitrogen and oxygen atoms in total. The molecule has 128 valence electrons. The minimum atomic E-state index is -0.151. The van der Waals surface area contributed by atoms with Crippen LogP contribution in [0.4, 0.5) is 4.79 Å². The van der Waals surface area contributed by atoms with Crippen LogP contribution in [0.5, 0.6) is 5.75 Å². The van der Waals surface area contributed by atoms with Gasteiger partial charge in [0.15, 0.2) is 0 Å². The number of nitrogens with one attached hydrogen (secondary N) is 2. The lowest BCUT2D eigenvalue weighted by Gasteiger charge is -2.30. The number of hydrogen-bond donors (Lipinski definition) is 3. The lowest BCUT2D eigenvalue weighted by Crippen LogP contribution is -2.48. The number of hydrogen-bond acceptors (Lipinski definition) is 3. The van der Waals surface area contributed by atoms with E-state index >= 15 is 0 Å². The molecule has 1 fully saturated rings. The first-order chi connectivity index (χ1) is 11.1. The van der Waals surface area contributed by atoms with E-state index in [9.17, 15) is 9.90 Å². The topological polar surface area (TPSA) is 70.6 Å². The summed E-state index contributed by atoms with van der Waals surface area (Å²) in [5.74, 6) is 1.04. The number of aliphatic hydroxyl groups is 1. The highest BCUT2D eigenvalue weighted by Gasteiger charge is 2.25. The Morgan fingerprint density at radius 3 is 2.87 bits per heavy atom. The van der Waals surface area contributed by atoms with Crippen LogP contribution in [0.2, 0.25) is 0 Å². The number of amides is 2. The fraction of sp³-hybridized carbons (Fsp3) is 0.611. The van der Waals surface area contributed by atoms with Crippen LogP contribution in [0.1, 0.15) is 36.8 Å². The molecular formula is C18H28N2O3. The Kier molecular flexibility index (Phi) is 6.71. The van der Waals surface area contributed by atoms with Crippen LogP contribution in [0.25, 0.3) is 0 Å². The Morgan fingerprint density at radius 2 is 2.13 bits per heavy atom. The molecular weight excluding hydrogens is 292 g/mol. The molecule has 5 heteroatoms. The molecule has 0 radical (unpaired) electrons. The van der Waals surface area contributed by atoms with Gasteiger partial charge in [-0.15, -0.1) is 0 Å². The van der Waals surface area contributed by atoms with Crippen LogP contribution in [-0.2, 0) is 6.42 Å². The van der Waals surface area contributed by atoms with E-state index in [4.69, 9.17) is 4.74 Å². The van der Waals surface area contributed by atoms with Crippen molar-refractivity contribution >= 4 is 6.03 Å². The van der Waals surface area contributed by atoms with Crippen LogP contribution >= 0.6 is 0 Å². The molecule has 0 heterocycles. The number of carbonyl (C=O) groups is 1. The standard InChI is InChI=1S/C18H28N2O3/c1-13-7-8-17(23-2)14(11-13)9-10-19-18(22)20-16-6-4-3-5-15(16)12-21/h7-8,11,15-16,21H,3-6,9-10,12H2,1-2H3,(H2,19,20,22). The second kappa shape index (κ2) is 8.77. The van der Waals surface area contributed by atoms with E-state index in [0.717, 1.165) is 43.4 Å². The lowest BCUT2D eigenvalue weighted by atomic mass is 9.85. The number of aliphatic hydroxyl groups excluding tert-OH is 1. The van der Waals surface area contributed by atoms with Crippen molar-refractivity contribution in [1.29, 1.82) is 0 Å². The van der Waals surface area contributed by atoms with E-state index in [1.165, 1.54) is 5.56 Å². The SMILES string of the molecule is COc1ccc(C)cc1CCNC(=O)NC1CCCCC1CO. The first kappa shape index (κ1) is 17.6. The fourth-order valence-electron chi connectivity index (χ4n) is 3.25. The van der Waals surface area contributed by atoms with Gasteiger partial charge >= 0.3 is 6.03 Å². The van der Waals surface area contributed by atoms with Gasteiger partial charge in [0.1, 0.15) is 5.75 Å². The van der Waals surface area contributed by atoms with Gasteiger partial charge in [0.25, 0.3) is 0 Å². The molecule has 2 unspecified atom stereocenters. The monoisotopic (exact) mass is 320 g/mol. The molecule has 1 aromatic carbocycles. The summed E-state index contributed by atoms with van der Waals surface area (Å²) in [6.07, 6.45) is 4.92. The maximum Gasteiger partial charge on any atom is 0.315 e. The minimum Gasteiger partial charge on any atom is -0.496 e. The van der Waals surface area contributed by atoms with Crippen molar-refractivity contribution in [2.75, 3.05) is 20.3 Å². The summed E-state index contributed by atoms with van der Waals surface area (Å²) in [6.45, 7) is 2.74. The molecule has 2 atom stereocenters. The normalized spacial score (nSPS) is 20.8. The van der Waals surface area contributed by atoms with Gasteiger partial charge in [-0.1, -0.05) is 30.5 Å². The van der Waals surface area contributed by atoms with Crippen molar-refractivity contribution in [2.45, 2.75) is 45.1 Å². The molecule has 0 bridgehead atoms.